The highest BCUT2D eigenvalue weighted by Crippen LogP contribution is 2.20. The third-order valence-electron chi connectivity index (χ3n) is 2.22. The van der Waals surface area contributed by atoms with E-state index >= 15 is 0 Å². The fourth-order valence-corrected chi connectivity index (χ4v) is 1.61. The van der Waals surface area contributed by atoms with Crippen LogP contribution in [-0.4, -0.2) is 11.9 Å². The summed E-state index contributed by atoms with van der Waals surface area (Å²) < 4.78 is 0. The first-order valence-electron chi connectivity index (χ1n) is 4.39. The van der Waals surface area contributed by atoms with Gasteiger partial charge in [0.05, 0.1) is 0 Å². The second-order valence-corrected chi connectivity index (χ2v) is 3.37. The number of carbonyl (C=O) groups excluding carboxylic acids is 1. The Hall–Kier alpha value is -1.35. The maximum absolute atomic E-state index is 11.3. The van der Waals surface area contributed by atoms with Gasteiger partial charge in [0.15, 0.2) is 0 Å². The van der Waals surface area contributed by atoms with E-state index in [2.05, 4.69) is 5.32 Å². The fourth-order valence-electron chi connectivity index (χ4n) is 1.61. The Morgan fingerprint density at radius 3 is 2.92 bits per heavy atom. The molecule has 3 heteroatoms. The van der Waals surface area contributed by atoms with E-state index in [1.54, 1.807) is 0 Å². The second-order valence-electron chi connectivity index (χ2n) is 3.37. The molecule has 0 bridgehead atoms. The Balaban J connectivity index is 2.38. The van der Waals surface area contributed by atoms with E-state index in [-0.39, 0.29) is 11.9 Å². The third kappa shape index (κ3) is 1.70. The number of carbonyl (C=O) groups is 1. The lowest BCUT2D eigenvalue weighted by Gasteiger charge is -2.05. The van der Waals surface area contributed by atoms with Crippen LogP contribution < -0.4 is 11.1 Å². The van der Waals surface area contributed by atoms with Crippen LogP contribution in [0, 0.1) is 0 Å². The summed E-state index contributed by atoms with van der Waals surface area (Å²) >= 11 is 0. The summed E-state index contributed by atoms with van der Waals surface area (Å²) in [6, 6.07) is 7.73. The molecular weight excluding hydrogens is 164 g/mol. The molecule has 13 heavy (non-hydrogen) atoms. The van der Waals surface area contributed by atoms with E-state index in [0.717, 1.165) is 17.7 Å². The topological polar surface area (TPSA) is 55.1 Å². The first-order valence-corrected chi connectivity index (χ1v) is 4.39. The van der Waals surface area contributed by atoms with Crippen molar-refractivity contribution in [2.75, 3.05) is 5.32 Å². The van der Waals surface area contributed by atoms with Gasteiger partial charge in [-0.3, -0.25) is 4.79 Å². The minimum Gasteiger partial charge on any atom is -0.327 e. The molecule has 1 amide bonds. The summed E-state index contributed by atoms with van der Waals surface area (Å²) in [6.07, 6.45) is 1.18. The van der Waals surface area contributed by atoms with Crippen molar-refractivity contribution < 1.29 is 4.79 Å². The summed E-state index contributed by atoms with van der Waals surface area (Å²) in [5.74, 6) is 0.0115. The monoisotopic (exact) mass is 176 g/mol. The van der Waals surface area contributed by atoms with Gasteiger partial charge in [0.1, 0.15) is 0 Å². The lowest BCUT2D eigenvalue weighted by Crippen LogP contribution is -2.25. The van der Waals surface area contributed by atoms with E-state index in [1.165, 1.54) is 0 Å². The van der Waals surface area contributed by atoms with E-state index < -0.39 is 0 Å². The first kappa shape index (κ1) is 8.26. The SMILES string of the molecule is NC1CC(=O)Nc2ccccc2C1. The van der Waals surface area contributed by atoms with Crippen molar-refractivity contribution in [3.63, 3.8) is 0 Å². The Morgan fingerprint density at radius 1 is 1.31 bits per heavy atom. The van der Waals surface area contributed by atoms with Gasteiger partial charge in [-0.2, -0.15) is 0 Å². The Kier molecular flexibility index (Phi) is 2.02. The molecule has 0 aromatic heterocycles. The maximum atomic E-state index is 11.3. The minimum atomic E-state index is -0.0522. The molecule has 0 saturated carbocycles. The molecule has 1 unspecified atom stereocenters. The van der Waals surface area contributed by atoms with Gasteiger partial charge in [-0.1, -0.05) is 18.2 Å². The molecule has 0 saturated heterocycles. The zero-order valence-corrected chi connectivity index (χ0v) is 7.29. The third-order valence-corrected chi connectivity index (χ3v) is 2.22. The van der Waals surface area contributed by atoms with Crippen molar-refractivity contribution in [2.45, 2.75) is 18.9 Å². The highest BCUT2D eigenvalue weighted by Gasteiger charge is 2.17. The van der Waals surface area contributed by atoms with Crippen molar-refractivity contribution in [3.05, 3.63) is 29.8 Å². The lowest BCUT2D eigenvalue weighted by atomic mass is 10.0. The van der Waals surface area contributed by atoms with Crippen molar-refractivity contribution in [3.8, 4) is 0 Å². The standard InChI is InChI=1S/C10H12N2O/c11-8-5-7-3-1-2-4-9(7)12-10(13)6-8/h1-4,8H,5-6,11H2,(H,12,13). The van der Waals surface area contributed by atoms with Crippen LogP contribution in [0.25, 0.3) is 0 Å². The zero-order valence-electron chi connectivity index (χ0n) is 7.29. The maximum Gasteiger partial charge on any atom is 0.225 e. The minimum absolute atomic E-state index is 0.0115. The van der Waals surface area contributed by atoms with Gasteiger partial charge < -0.3 is 11.1 Å². The molecule has 1 aliphatic heterocycles. The quantitative estimate of drug-likeness (QED) is 0.617. The van der Waals surface area contributed by atoms with Gasteiger partial charge in [0.2, 0.25) is 5.91 Å². The number of fused-ring (bicyclic) bond motifs is 1. The van der Waals surface area contributed by atoms with Crippen molar-refractivity contribution in [2.24, 2.45) is 5.73 Å². The number of anilines is 1. The predicted molar refractivity (Wildman–Crippen MR) is 51.4 cm³/mol. The molecule has 1 aromatic rings. The highest BCUT2D eigenvalue weighted by molar-refractivity contribution is 5.92. The van der Waals surface area contributed by atoms with Crippen LogP contribution in [0.1, 0.15) is 12.0 Å². The van der Waals surface area contributed by atoms with E-state index in [4.69, 9.17) is 5.73 Å². The van der Waals surface area contributed by atoms with Crippen molar-refractivity contribution in [1.29, 1.82) is 0 Å². The lowest BCUT2D eigenvalue weighted by molar-refractivity contribution is -0.116. The number of para-hydroxylation sites is 1. The van der Waals surface area contributed by atoms with Crippen LogP contribution in [0.4, 0.5) is 5.69 Å². The molecular formula is C10H12N2O. The Labute approximate surface area is 76.9 Å². The van der Waals surface area contributed by atoms with Gasteiger partial charge in [0, 0.05) is 18.2 Å². The van der Waals surface area contributed by atoms with Crippen molar-refractivity contribution in [1.82, 2.24) is 0 Å². The number of hydrogen-bond donors (Lipinski definition) is 2. The van der Waals surface area contributed by atoms with Crippen LogP contribution in [0.15, 0.2) is 24.3 Å². The summed E-state index contributed by atoms with van der Waals surface area (Å²) in [4.78, 5) is 11.3. The van der Waals surface area contributed by atoms with Gasteiger partial charge >= 0.3 is 0 Å². The van der Waals surface area contributed by atoms with Crippen LogP contribution in [-0.2, 0) is 11.2 Å². The molecule has 1 aliphatic rings. The zero-order chi connectivity index (χ0) is 9.26. The van der Waals surface area contributed by atoms with E-state index in [0.29, 0.717) is 6.42 Å². The Bertz CT molecular complexity index is 335. The molecule has 0 aliphatic carbocycles. The van der Waals surface area contributed by atoms with Crippen LogP contribution in [0.3, 0.4) is 0 Å². The van der Waals surface area contributed by atoms with Crippen molar-refractivity contribution >= 4 is 11.6 Å². The molecule has 0 fully saturated rings. The second kappa shape index (κ2) is 3.18. The van der Waals surface area contributed by atoms with E-state index in [9.17, 15) is 4.79 Å². The summed E-state index contributed by atoms with van der Waals surface area (Å²) in [7, 11) is 0. The normalized spacial score (nSPS) is 21.6. The molecule has 3 nitrogen and oxygen atoms in total. The van der Waals surface area contributed by atoms with Gasteiger partial charge in [0.25, 0.3) is 0 Å². The molecule has 1 atom stereocenters. The average Bonchev–Trinajstić information content (AvgIpc) is 2.20. The summed E-state index contributed by atoms with van der Waals surface area (Å²) in [5.41, 5.74) is 7.81. The molecule has 0 spiro atoms. The number of nitrogens with one attached hydrogen (secondary N) is 1. The smallest absolute Gasteiger partial charge is 0.225 e. The van der Waals surface area contributed by atoms with Gasteiger partial charge in [-0.05, 0) is 18.1 Å². The largest absolute Gasteiger partial charge is 0.327 e. The molecule has 0 radical (unpaired) electrons. The molecule has 1 heterocycles. The first-order chi connectivity index (χ1) is 6.25. The number of hydrogen-bond acceptors (Lipinski definition) is 2. The van der Waals surface area contributed by atoms with Crippen LogP contribution in [0.5, 0.6) is 0 Å². The number of benzene rings is 1. The van der Waals surface area contributed by atoms with Gasteiger partial charge in [-0.25, -0.2) is 0 Å². The molecule has 1 aromatic carbocycles. The molecule has 2 rings (SSSR count). The average molecular weight is 176 g/mol. The number of nitrogens with two attached hydrogens (primary N) is 1. The van der Waals surface area contributed by atoms with Gasteiger partial charge in [-0.15, -0.1) is 0 Å². The number of amides is 1. The predicted octanol–water partition coefficient (Wildman–Crippen LogP) is 0.899. The fraction of sp³-hybridized carbons (Fsp3) is 0.300. The number of rotatable bonds is 0. The van der Waals surface area contributed by atoms with E-state index in [1.807, 2.05) is 24.3 Å². The molecule has 3 N–H and O–H groups in total. The Morgan fingerprint density at radius 2 is 2.08 bits per heavy atom. The molecule has 68 valence electrons. The summed E-state index contributed by atoms with van der Waals surface area (Å²) in [5, 5.41) is 2.83. The summed E-state index contributed by atoms with van der Waals surface area (Å²) in [6.45, 7) is 0. The highest BCUT2D eigenvalue weighted by atomic mass is 16.1. The van der Waals surface area contributed by atoms with Crippen LogP contribution >= 0.6 is 0 Å². The van der Waals surface area contributed by atoms with Crippen LogP contribution in [0.2, 0.25) is 0 Å².